The summed E-state index contributed by atoms with van der Waals surface area (Å²) in [6, 6.07) is 4.47. The number of carbonyl (C=O) groups excluding carboxylic acids is 1. The van der Waals surface area contributed by atoms with E-state index in [1.807, 2.05) is 6.92 Å². The van der Waals surface area contributed by atoms with Crippen molar-refractivity contribution in [2.75, 3.05) is 18.0 Å². The Labute approximate surface area is 112 Å². The summed E-state index contributed by atoms with van der Waals surface area (Å²) in [5.74, 6) is -0.551. The Kier molecular flexibility index (Phi) is 4.04. The molecule has 0 unspecified atom stereocenters. The van der Waals surface area contributed by atoms with Crippen LogP contribution in [0.2, 0.25) is 0 Å². The van der Waals surface area contributed by atoms with Crippen molar-refractivity contribution in [2.24, 2.45) is 17.4 Å². The molecule has 0 saturated carbocycles. The van der Waals surface area contributed by atoms with Crippen LogP contribution in [0.1, 0.15) is 31.4 Å². The van der Waals surface area contributed by atoms with E-state index in [2.05, 4.69) is 4.90 Å². The average molecular weight is 265 g/mol. The zero-order chi connectivity index (χ0) is 14.0. The lowest BCUT2D eigenvalue weighted by molar-refractivity contribution is -0.122. The predicted molar refractivity (Wildman–Crippen MR) is 73.1 cm³/mol. The minimum Gasteiger partial charge on any atom is -0.371 e. The van der Waals surface area contributed by atoms with Crippen LogP contribution in [0.5, 0.6) is 0 Å². The van der Waals surface area contributed by atoms with Crippen LogP contribution in [-0.4, -0.2) is 19.0 Å². The molecule has 1 heterocycles. The molecule has 1 amide bonds. The van der Waals surface area contributed by atoms with E-state index in [0.717, 1.165) is 37.2 Å². The number of anilines is 1. The smallest absolute Gasteiger partial charge is 0.220 e. The summed E-state index contributed by atoms with van der Waals surface area (Å²) in [6.45, 7) is 3.34. The van der Waals surface area contributed by atoms with Crippen molar-refractivity contribution in [1.29, 1.82) is 0 Å². The highest BCUT2D eigenvalue weighted by atomic mass is 19.1. The summed E-state index contributed by atoms with van der Waals surface area (Å²) in [5.41, 5.74) is 13.0. The first-order valence-corrected chi connectivity index (χ1v) is 6.58. The highest BCUT2D eigenvalue weighted by molar-refractivity contribution is 5.77. The van der Waals surface area contributed by atoms with Crippen LogP contribution in [0.4, 0.5) is 10.1 Å². The fourth-order valence-corrected chi connectivity index (χ4v) is 2.58. The Balaban J connectivity index is 2.17. The fourth-order valence-electron chi connectivity index (χ4n) is 2.58. The van der Waals surface area contributed by atoms with E-state index in [0.29, 0.717) is 0 Å². The van der Waals surface area contributed by atoms with E-state index in [4.69, 9.17) is 11.5 Å². The maximum absolute atomic E-state index is 13.3. The number of nitrogens with two attached hydrogens (primary N) is 2. The van der Waals surface area contributed by atoms with Gasteiger partial charge in [-0.1, -0.05) is 0 Å². The molecule has 0 aliphatic carbocycles. The summed E-state index contributed by atoms with van der Waals surface area (Å²) in [6.07, 6.45) is 1.48. The van der Waals surface area contributed by atoms with Gasteiger partial charge in [0.05, 0.1) is 0 Å². The van der Waals surface area contributed by atoms with Gasteiger partial charge in [-0.3, -0.25) is 4.79 Å². The predicted octanol–water partition coefficient (Wildman–Crippen LogP) is 1.55. The highest BCUT2D eigenvalue weighted by Crippen LogP contribution is 2.29. The zero-order valence-corrected chi connectivity index (χ0v) is 11.1. The molecule has 4 nitrogen and oxygen atoms in total. The second kappa shape index (κ2) is 5.57. The molecule has 0 aromatic heterocycles. The van der Waals surface area contributed by atoms with Crippen LogP contribution in [-0.2, 0) is 4.79 Å². The SMILES string of the molecule is C[C@@H](N)c1cc(F)ccc1N1CCC(C(N)=O)CC1. The molecule has 5 heteroatoms. The van der Waals surface area contributed by atoms with Crippen molar-refractivity contribution in [3.63, 3.8) is 0 Å². The number of halogens is 1. The van der Waals surface area contributed by atoms with Crippen LogP contribution in [0.25, 0.3) is 0 Å². The number of nitrogens with zero attached hydrogens (tertiary/aromatic N) is 1. The van der Waals surface area contributed by atoms with E-state index in [-0.39, 0.29) is 23.7 Å². The Morgan fingerprint density at radius 2 is 2.05 bits per heavy atom. The Morgan fingerprint density at radius 1 is 1.42 bits per heavy atom. The Bertz CT molecular complexity index is 468. The number of amides is 1. The van der Waals surface area contributed by atoms with Gasteiger partial charge in [0.15, 0.2) is 0 Å². The first-order valence-electron chi connectivity index (χ1n) is 6.58. The minimum absolute atomic E-state index is 0.0459. The number of benzene rings is 1. The van der Waals surface area contributed by atoms with Crippen LogP contribution in [0.15, 0.2) is 18.2 Å². The maximum atomic E-state index is 13.3. The van der Waals surface area contributed by atoms with Gasteiger partial charge in [-0.15, -0.1) is 0 Å². The van der Waals surface area contributed by atoms with E-state index in [9.17, 15) is 9.18 Å². The molecule has 1 fully saturated rings. The van der Waals surface area contributed by atoms with Crippen molar-refractivity contribution in [3.05, 3.63) is 29.6 Å². The third-order valence-electron chi connectivity index (χ3n) is 3.72. The van der Waals surface area contributed by atoms with E-state index >= 15 is 0 Å². The van der Waals surface area contributed by atoms with Crippen LogP contribution in [0, 0.1) is 11.7 Å². The Hall–Kier alpha value is -1.62. The largest absolute Gasteiger partial charge is 0.371 e. The first kappa shape index (κ1) is 13.8. The van der Waals surface area contributed by atoms with Gasteiger partial charge in [-0.05, 0) is 43.5 Å². The van der Waals surface area contributed by atoms with Crippen molar-refractivity contribution >= 4 is 11.6 Å². The fraction of sp³-hybridized carbons (Fsp3) is 0.500. The number of hydrogen-bond donors (Lipinski definition) is 2. The maximum Gasteiger partial charge on any atom is 0.220 e. The van der Waals surface area contributed by atoms with Gasteiger partial charge in [-0.2, -0.15) is 0 Å². The second-order valence-corrected chi connectivity index (χ2v) is 5.16. The molecule has 1 aromatic carbocycles. The van der Waals surface area contributed by atoms with E-state index < -0.39 is 0 Å². The summed E-state index contributed by atoms with van der Waals surface area (Å²) >= 11 is 0. The van der Waals surface area contributed by atoms with Crippen LogP contribution in [0.3, 0.4) is 0 Å². The van der Waals surface area contributed by atoms with Crippen molar-refractivity contribution in [3.8, 4) is 0 Å². The number of rotatable bonds is 3. The van der Waals surface area contributed by atoms with Gasteiger partial charge in [-0.25, -0.2) is 4.39 Å². The number of piperidine rings is 1. The van der Waals surface area contributed by atoms with Gasteiger partial charge in [0.1, 0.15) is 5.82 Å². The molecule has 4 N–H and O–H groups in total. The molecular formula is C14H20FN3O. The van der Waals surface area contributed by atoms with Crippen LogP contribution >= 0.6 is 0 Å². The summed E-state index contributed by atoms with van der Waals surface area (Å²) in [5, 5.41) is 0. The van der Waals surface area contributed by atoms with Gasteiger partial charge in [0, 0.05) is 30.7 Å². The molecule has 1 aliphatic rings. The normalized spacial score (nSPS) is 18.4. The molecule has 0 spiro atoms. The number of hydrogen-bond acceptors (Lipinski definition) is 3. The molecule has 1 atom stereocenters. The lowest BCUT2D eigenvalue weighted by Gasteiger charge is -2.34. The number of primary amides is 1. The van der Waals surface area contributed by atoms with Gasteiger partial charge in [0.2, 0.25) is 5.91 Å². The first-order chi connectivity index (χ1) is 8.99. The van der Waals surface area contributed by atoms with E-state index in [1.165, 1.54) is 12.1 Å². The van der Waals surface area contributed by atoms with Crippen LogP contribution < -0.4 is 16.4 Å². The molecule has 1 aromatic rings. The van der Waals surface area contributed by atoms with Crippen molar-refractivity contribution < 1.29 is 9.18 Å². The van der Waals surface area contributed by atoms with Gasteiger partial charge in [0.25, 0.3) is 0 Å². The monoisotopic (exact) mass is 265 g/mol. The molecule has 1 aliphatic heterocycles. The lowest BCUT2D eigenvalue weighted by Crippen LogP contribution is -2.39. The summed E-state index contributed by atoms with van der Waals surface area (Å²) in [7, 11) is 0. The van der Waals surface area contributed by atoms with Crippen molar-refractivity contribution in [2.45, 2.75) is 25.8 Å². The topological polar surface area (TPSA) is 72.3 Å². The number of carbonyl (C=O) groups is 1. The minimum atomic E-state index is -0.275. The summed E-state index contributed by atoms with van der Waals surface area (Å²) in [4.78, 5) is 13.3. The van der Waals surface area contributed by atoms with E-state index in [1.54, 1.807) is 6.07 Å². The summed E-state index contributed by atoms with van der Waals surface area (Å²) < 4.78 is 13.3. The quantitative estimate of drug-likeness (QED) is 0.871. The van der Waals surface area contributed by atoms with Gasteiger partial charge < -0.3 is 16.4 Å². The molecule has 1 saturated heterocycles. The molecule has 0 bridgehead atoms. The third-order valence-corrected chi connectivity index (χ3v) is 3.72. The zero-order valence-electron chi connectivity index (χ0n) is 11.1. The Morgan fingerprint density at radius 3 is 2.58 bits per heavy atom. The molecular weight excluding hydrogens is 245 g/mol. The van der Waals surface area contributed by atoms with Gasteiger partial charge >= 0.3 is 0 Å². The molecule has 0 radical (unpaired) electrons. The lowest BCUT2D eigenvalue weighted by atomic mass is 9.95. The second-order valence-electron chi connectivity index (χ2n) is 5.16. The molecule has 2 rings (SSSR count). The average Bonchev–Trinajstić information content (AvgIpc) is 2.38. The highest BCUT2D eigenvalue weighted by Gasteiger charge is 2.24. The molecule has 104 valence electrons. The standard InChI is InChI=1S/C14H20FN3O/c1-9(16)12-8-11(15)2-3-13(12)18-6-4-10(5-7-18)14(17)19/h2-3,8-10H,4-7,16H2,1H3,(H2,17,19)/t9-/m1/s1. The molecule has 19 heavy (non-hydrogen) atoms. The third kappa shape index (κ3) is 3.04. The van der Waals surface area contributed by atoms with Crippen molar-refractivity contribution in [1.82, 2.24) is 0 Å².